The lowest BCUT2D eigenvalue weighted by Gasteiger charge is -2.49. The van der Waals surface area contributed by atoms with Crippen LogP contribution in [-0.2, 0) is 5.41 Å². The normalized spacial score (nSPS) is 19.2. The van der Waals surface area contributed by atoms with Gasteiger partial charge in [-0.05, 0) is 78.8 Å². The molecule has 4 aliphatic rings. The standard InChI is InChI=1S/C46H41Cl4N11O4/c1-46(2)22-58(3)37(28-18-26(12-15-31(28)46)55-45-53-20-30-41(57-45)65-24-61(43(30)63)39-34(49)8-5-9-35(39)50)36-21-59(17-16-51-36)27-13-10-25(11-14-27)54-44-52-19-29-40(56-44)64-23-60(42(29)62)38-32(47)6-4-7-33(38)48/h4-15,18-20,36-37,51H,16-17,21-24H2,1-3H3,(H,52,54,56)(H,53,55,57). The first-order valence-electron chi connectivity index (χ1n) is 20.8. The zero-order valence-electron chi connectivity index (χ0n) is 35.3. The number of para-hydroxylation sites is 2. The molecule has 4 aliphatic heterocycles. The Kier molecular flexibility index (Phi) is 11.3. The average Bonchev–Trinajstić information content (AvgIpc) is 3.28. The van der Waals surface area contributed by atoms with Gasteiger partial charge in [-0.3, -0.25) is 24.3 Å². The van der Waals surface area contributed by atoms with Gasteiger partial charge in [-0.2, -0.15) is 9.97 Å². The molecule has 2 amide bonds. The van der Waals surface area contributed by atoms with Crippen molar-refractivity contribution in [2.24, 2.45) is 0 Å². The van der Waals surface area contributed by atoms with E-state index in [1.54, 1.807) is 36.4 Å². The summed E-state index contributed by atoms with van der Waals surface area (Å²) in [7, 11) is 2.19. The zero-order valence-corrected chi connectivity index (χ0v) is 38.3. The molecule has 10 rings (SSSR count). The van der Waals surface area contributed by atoms with E-state index in [1.807, 2.05) is 18.2 Å². The topological polar surface area (TPSA) is 153 Å². The van der Waals surface area contributed by atoms with Crippen LogP contribution < -0.4 is 40.1 Å². The van der Waals surface area contributed by atoms with E-state index in [0.29, 0.717) is 43.4 Å². The number of carbonyl (C=O) groups is 2. The zero-order chi connectivity index (χ0) is 45.1. The Morgan fingerprint density at radius 2 is 1.25 bits per heavy atom. The number of piperazine rings is 1. The van der Waals surface area contributed by atoms with Crippen LogP contribution in [0.15, 0.2) is 91.3 Å². The molecule has 19 heteroatoms. The van der Waals surface area contributed by atoms with Crippen LogP contribution in [0.2, 0.25) is 20.1 Å². The van der Waals surface area contributed by atoms with Crippen LogP contribution in [-0.4, -0.2) is 89.4 Å². The van der Waals surface area contributed by atoms with Gasteiger partial charge in [0.1, 0.15) is 11.1 Å². The van der Waals surface area contributed by atoms with Crippen molar-refractivity contribution in [2.45, 2.75) is 31.3 Å². The fourth-order valence-corrected chi connectivity index (χ4v) is 10.4. The Hall–Kier alpha value is -5.94. The molecule has 2 unspecified atom stereocenters. The lowest BCUT2D eigenvalue weighted by Crippen LogP contribution is -2.58. The lowest BCUT2D eigenvalue weighted by atomic mass is 9.74. The van der Waals surface area contributed by atoms with Crippen LogP contribution >= 0.6 is 46.4 Å². The number of likely N-dealkylation sites (N-methyl/N-ethyl adjacent to an activating group) is 1. The van der Waals surface area contributed by atoms with Crippen LogP contribution in [0.25, 0.3) is 0 Å². The summed E-state index contributed by atoms with van der Waals surface area (Å²) in [4.78, 5) is 52.5. The van der Waals surface area contributed by atoms with E-state index < -0.39 is 0 Å². The molecule has 65 heavy (non-hydrogen) atoms. The summed E-state index contributed by atoms with van der Waals surface area (Å²) >= 11 is 25.5. The fraction of sp³-hybridized carbons (Fsp3) is 0.261. The number of carbonyl (C=O) groups excluding carboxylic acids is 2. The number of hydrogen-bond donors (Lipinski definition) is 3. The highest BCUT2D eigenvalue weighted by molar-refractivity contribution is 6.41. The van der Waals surface area contributed by atoms with Crippen molar-refractivity contribution in [1.29, 1.82) is 0 Å². The van der Waals surface area contributed by atoms with Gasteiger partial charge < -0.3 is 30.3 Å². The number of halogens is 4. The number of amides is 2. The molecule has 1 saturated heterocycles. The summed E-state index contributed by atoms with van der Waals surface area (Å²) in [5.41, 5.74) is 6.21. The van der Waals surface area contributed by atoms with Crippen LogP contribution in [0.5, 0.6) is 11.8 Å². The summed E-state index contributed by atoms with van der Waals surface area (Å²) in [5, 5.41) is 11.8. The molecule has 6 aromatic rings. The molecule has 0 saturated carbocycles. The van der Waals surface area contributed by atoms with Crippen LogP contribution in [0.1, 0.15) is 51.7 Å². The smallest absolute Gasteiger partial charge is 0.268 e. The highest BCUT2D eigenvalue weighted by Gasteiger charge is 2.41. The van der Waals surface area contributed by atoms with Gasteiger partial charge in [0.05, 0.1) is 37.5 Å². The first-order chi connectivity index (χ1) is 31.3. The summed E-state index contributed by atoms with van der Waals surface area (Å²) in [6.45, 7) is 7.62. The highest BCUT2D eigenvalue weighted by atomic mass is 35.5. The van der Waals surface area contributed by atoms with Gasteiger partial charge >= 0.3 is 0 Å². The van der Waals surface area contributed by atoms with Crippen molar-refractivity contribution in [3.05, 3.63) is 134 Å². The highest BCUT2D eigenvalue weighted by Crippen LogP contribution is 2.43. The van der Waals surface area contributed by atoms with Crippen molar-refractivity contribution < 1.29 is 19.1 Å². The predicted octanol–water partition coefficient (Wildman–Crippen LogP) is 9.10. The minimum Gasteiger partial charge on any atom is -0.455 e. The van der Waals surface area contributed by atoms with Gasteiger partial charge in [0.25, 0.3) is 11.8 Å². The van der Waals surface area contributed by atoms with Crippen molar-refractivity contribution in [3.8, 4) is 11.8 Å². The molecule has 6 heterocycles. The number of benzene rings is 4. The second-order valence-electron chi connectivity index (χ2n) is 16.8. The van der Waals surface area contributed by atoms with Gasteiger partial charge in [0.2, 0.25) is 23.7 Å². The number of anilines is 7. The number of hydrogen-bond acceptors (Lipinski definition) is 13. The van der Waals surface area contributed by atoms with E-state index in [0.717, 1.165) is 43.2 Å². The summed E-state index contributed by atoms with van der Waals surface area (Å²) < 4.78 is 11.8. The largest absolute Gasteiger partial charge is 0.455 e. The average molecular weight is 954 g/mol. The van der Waals surface area contributed by atoms with E-state index >= 15 is 0 Å². The molecule has 0 aliphatic carbocycles. The third-order valence-electron chi connectivity index (χ3n) is 12.1. The number of fused-ring (bicyclic) bond motifs is 3. The molecule has 3 N–H and O–H groups in total. The maximum atomic E-state index is 13.5. The Morgan fingerprint density at radius 3 is 1.80 bits per heavy atom. The molecule has 332 valence electrons. The van der Waals surface area contributed by atoms with E-state index in [9.17, 15) is 9.59 Å². The summed E-state index contributed by atoms with van der Waals surface area (Å²) in [6.07, 6.45) is 2.90. The van der Waals surface area contributed by atoms with Crippen molar-refractivity contribution in [2.75, 3.05) is 72.0 Å². The monoisotopic (exact) mass is 951 g/mol. The third kappa shape index (κ3) is 8.10. The molecule has 0 spiro atoms. The maximum Gasteiger partial charge on any atom is 0.268 e. The molecule has 1 fully saturated rings. The Balaban J connectivity index is 0.828. The van der Waals surface area contributed by atoms with Crippen molar-refractivity contribution >= 4 is 98.6 Å². The predicted molar refractivity (Wildman–Crippen MR) is 253 cm³/mol. The second-order valence-corrected chi connectivity index (χ2v) is 18.5. The fourth-order valence-electron chi connectivity index (χ4n) is 9.16. The molecular weight excluding hydrogens is 912 g/mol. The maximum absolute atomic E-state index is 13.5. The van der Waals surface area contributed by atoms with E-state index in [-0.39, 0.29) is 65.7 Å². The molecule has 2 aromatic heterocycles. The second kappa shape index (κ2) is 17.1. The van der Waals surface area contributed by atoms with E-state index in [2.05, 4.69) is 90.8 Å². The molecule has 15 nitrogen and oxygen atoms in total. The minimum atomic E-state index is -0.361. The van der Waals surface area contributed by atoms with E-state index in [4.69, 9.17) is 55.9 Å². The van der Waals surface area contributed by atoms with Crippen molar-refractivity contribution in [3.63, 3.8) is 0 Å². The minimum absolute atomic E-state index is 0.0561. The summed E-state index contributed by atoms with van der Waals surface area (Å²) in [5.74, 6) is 0.215. The Bertz CT molecular complexity index is 2830. The lowest BCUT2D eigenvalue weighted by molar-refractivity contribution is 0.0924. The number of aromatic nitrogens is 4. The van der Waals surface area contributed by atoms with Crippen LogP contribution in [0.3, 0.4) is 0 Å². The molecular formula is C46H41Cl4N11O4. The van der Waals surface area contributed by atoms with Gasteiger partial charge in [-0.1, -0.05) is 78.5 Å². The Morgan fingerprint density at radius 1 is 0.723 bits per heavy atom. The van der Waals surface area contributed by atoms with Crippen LogP contribution in [0, 0.1) is 0 Å². The third-order valence-corrected chi connectivity index (χ3v) is 13.3. The molecule has 0 radical (unpaired) electrons. The first kappa shape index (κ1) is 43.0. The van der Waals surface area contributed by atoms with Gasteiger partial charge in [-0.25, -0.2) is 9.97 Å². The quantitative estimate of drug-likeness (QED) is 0.133. The van der Waals surface area contributed by atoms with Gasteiger partial charge in [-0.15, -0.1) is 0 Å². The summed E-state index contributed by atoms with van der Waals surface area (Å²) in [6, 6.07) is 24.8. The SMILES string of the molecule is CN1CC(C)(C)c2ccc(Nc3ncc4c(n3)OCN(c3c(Cl)cccc3Cl)C4=O)cc2C1C1CN(c2ccc(Nc3ncc4c(n3)OCN(c3c(Cl)cccc3Cl)C4=O)cc2)CCN1. The van der Waals surface area contributed by atoms with Crippen LogP contribution in [0.4, 0.5) is 40.3 Å². The number of ether oxygens (including phenoxy) is 2. The number of nitrogens with one attached hydrogen (secondary N) is 3. The Labute approximate surface area is 394 Å². The van der Waals surface area contributed by atoms with Crippen molar-refractivity contribution in [1.82, 2.24) is 30.2 Å². The first-order valence-corrected chi connectivity index (χ1v) is 22.3. The molecule has 0 bridgehead atoms. The van der Waals surface area contributed by atoms with E-state index in [1.165, 1.54) is 33.3 Å². The molecule has 4 aromatic carbocycles. The van der Waals surface area contributed by atoms with Gasteiger partial charge in [0, 0.05) is 67.1 Å². The number of rotatable bonds is 8. The molecule has 2 atom stereocenters. The number of nitrogens with zero attached hydrogens (tertiary/aromatic N) is 8. The van der Waals surface area contributed by atoms with Gasteiger partial charge in [0.15, 0.2) is 13.5 Å².